The van der Waals surface area contributed by atoms with Crippen molar-refractivity contribution in [2.45, 2.75) is 18.9 Å². The standard InChI is InChI=1S/C13H19NO3/c1-14-9-6-5-8-10(15-2)7-11(16-3)13(17-4)12(8)9/h7,9,14H,5-6H2,1-4H3. The minimum Gasteiger partial charge on any atom is -0.496 e. The topological polar surface area (TPSA) is 39.7 Å². The monoisotopic (exact) mass is 237 g/mol. The predicted molar refractivity (Wildman–Crippen MR) is 66.2 cm³/mol. The molecular formula is C13H19NO3. The smallest absolute Gasteiger partial charge is 0.166 e. The van der Waals surface area contributed by atoms with E-state index in [1.54, 1.807) is 21.3 Å². The van der Waals surface area contributed by atoms with Crippen LogP contribution in [0.5, 0.6) is 17.2 Å². The third-order valence-electron chi connectivity index (χ3n) is 3.38. The Morgan fingerprint density at radius 3 is 2.35 bits per heavy atom. The summed E-state index contributed by atoms with van der Waals surface area (Å²) in [6, 6.07) is 2.21. The summed E-state index contributed by atoms with van der Waals surface area (Å²) in [4.78, 5) is 0. The highest BCUT2D eigenvalue weighted by Gasteiger charge is 2.30. The van der Waals surface area contributed by atoms with Crippen molar-refractivity contribution in [3.05, 3.63) is 17.2 Å². The van der Waals surface area contributed by atoms with E-state index in [0.29, 0.717) is 6.04 Å². The molecule has 4 heteroatoms. The molecule has 1 aromatic rings. The van der Waals surface area contributed by atoms with Crippen LogP contribution < -0.4 is 19.5 Å². The van der Waals surface area contributed by atoms with Gasteiger partial charge in [0.15, 0.2) is 11.5 Å². The second kappa shape index (κ2) is 4.84. The minimum absolute atomic E-state index is 0.309. The van der Waals surface area contributed by atoms with Gasteiger partial charge in [-0.3, -0.25) is 0 Å². The molecule has 0 aliphatic heterocycles. The van der Waals surface area contributed by atoms with Crippen LogP contribution in [-0.4, -0.2) is 28.4 Å². The summed E-state index contributed by atoms with van der Waals surface area (Å²) in [5, 5.41) is 3.31. The number of benzene rings is 1. The van der Waals surface area contributed by atoms with E-state index >= 15 is 0 Å². The van der Waals surface area contributed by atoms with Crippen LogP contribution in [-0.2, 0) is 6.42 Å². The molecule has 0 spiro atoms. The van der Waals surface area contributed by atoms with Crippen molar-refractivity contribution < 1.29 is 14.2 Å². The van der Waals surface area contributed by atoms with E-state index in [1.807, 2.05) is 13.1 Å². The van der Waals surface area contributed by atoms with Gasteiger partial charge in [0.1, 0.15) is 5.75 Å². The molecule has 0 bridgehead atoms. The molecule has 0 radical (unpaired) electrons. The first-order valence-corrected chi connectivity index (χ1v) is 5.75. The maximum Gasteiger partial charge on any atom is 0.166 e. The summed E-state index contributed by atoms with van der Waals surface area (Å²) in [5.74, 6) is 2.43. The second-order valence-corrected chi connectivity index (χ2v) is 4.09. The predicted octanol–water partition coefficient (Wildman–Crippen LogP) is 1.92. The van der Waals surface area contributed by atoms with E-state index in [2.05, 4.69) is 5.32 Å². The molecule has 94 valence electrons. The average molecular weight is 237 g/mol. The van der Waals surface area contributed by atoms with Crippen LogP contribution in [0.2, 0.25) is 0 Å². The number of nitrogens with one attached hydrogen (secondary N) is 1. The van der Waals surface area contributed by atoms with Gasteiger partial charge in [-0.25, -0.2) is 0 Å². The number of methoxy groups -OCH3 is 3. The molecule has 1 atom stereocenters. The highest BCUT2D eigenvalue weighted by atomic mass is 16.5. The summed E-state index contributed by atoms with van der Waals surface area (Å²) in [6.07, 6.45) is 2.07. The Labute approximate surface area is 102 Å². The normalized spacial score (nSPS) is 17.8. The lowest BCUT2D eigenvalue weighted by atomic mass is 10.0. The highest BCUT2D eigenvalue weighted by molar-refractivity contribution is 5.60. The van der Waals surface area contributed by atoms with E-state index in [4.69, 9.17) is 14.2 Å². The van der Waals surface area contributed by atoms with Crippen LogP contribution in [0.4, 0.5) is 0 Å². The Balaban J connectivity index is 2.63. The molecule has 17 heavy (non-hydrogen) atoms. The Bertz CT molecular complexity index is 418. The minimum atomic E-state index is 0.309. The molecule has 0 heterocycles. The fourth-order valence-corrected chi connectivity index (χ4v) is 2.57. The molecule has 0 fully saturated rings. The van der Waals surface area contributed by atoms with E-state index in [0.717, 1.165) is 30.1 Å². The fraction of sp³-hybridized carbons (Fsp3) is 0.538. The molecule has 4 nitrogen and oxygen atoms in total. The van der Waals surface area contributed by atoms with Gasteiger partial charge in [-0.1, -0.05) is 0 Å². The zero-order valence-corrected chi connectivity index (χ0v) is 10.8. The zero-order chi connectivity index (χ0) is 12.4. The molecule has 0 aromatic heterocycles. The first-order valence-electron chi connectivity index (χ1n) is 5.75. The number of rotatable bonds is 4. The number of fused-ring (bicyclic) bond motifs is 1. The number of hydrogen-bond acceptors (Lipinski definition) is 4. The summed E-state index contributed by atoms with van der Waals surface area (Å²) < 4.78 is 16.3. The van der Waals surface area contributed by atoms with Gasteiger partial charge in [0.2, 0.25) is 0 Å². The Hall–Kier alpha value is -1.42. The third kappa shape index (κ3) is 1.82. The molecule has 1 aliphatic rings. The summed E-state index contributed by atoms with van der Waals surface area (Å²) in [6.45, 7) is 0. The molecule has 0 saturated heterocycles. The lowest BCUT2D eigenvalue weighted by Gasteiger charge is -2.18. The molecule has 0 saturated carbocycles. The van der Waals surface area contributed by atoms with Crippen molar-refractivity contribution in [1.82, 2.24) is 5.32 Å². The highest BCUT2D eigenvalue weighted by Crippen LogP contribution is 2.47. The lowest BCUT2D eigenvalue weighted by Crippen LogP contribution is -2.14. The van der Waals surface area contributed by atoms with E-state index < -0.39 is 0 Å². The maximum atomic E-state index is 5.49. The van der Waals surface area contributed by atoms with Gasteiger partial charge in [-0.05, 0) is 19.9 Å². The van der Waals surface area contributed by atoms with Gasteiger partial charge >= 0.3 is 0 Å². The van der Waals surface area contributed by atoms with Crippen molar-refractivity contribution in [3.63, 3.8) is 0 Å². The van der Waals surface area contributed by atoms with Crippen molar-refractivity contribution in [1.29, 1.82) is 0 Å². The van der Waals surface area contributed by atoms with Crippen molar-refractivity contribution in [3.8, 4) is 17.2 Å². The average Bonchev–Trinajstić information content (AvgIpc) is 2.80. The van der Waals surface area contributed by atoms with Crippen LogP contribution in [0.25, 0.3) is 0 Å². The molecule has 1 aromatic carbocycles. The molecular weight excluding hydrogens is 218 g/mol. The maximum absolute atomic E-state index is 5.49. The van der Waals surface area contributed by atoms with Crippen molar-refractivity contribution in [2.24, 2.45) is 0 Å². The number of hydrogen-bond donors (Lipinski definition) is 1. The molecule has 2 rings (SSSR count). The van der Waals surface area contributed by atoms with E-state index in [-0.39, 0.29) is 0 Å². The lowest BCUT2D eigenvalue weighted by molar-refractivity contribution is 0.342. The molecule has 1 N–H and O–H groups in total. The summed E-state index contributed by atoms with van der Waals surface area (Å²) >= 11 is 0. The first-order chi connectivity index (χ1) is 8.26. The first kappa shape index (κ1) is 12.0. The Kier molecular flexibility index (Phi) is 3.43. The largest absolute Gasteiger partial charge is 0.496 e. The van der Waals surface area contributed by atoms with E-state index in [1.165, 1.54) is 11.1 Å². The molecule has 1 unspecified atom stereocenters. The summed E-state index contributed by atoms with van der Waals surface area (Å²) in [5.41, 5.74) is 2.40. The van der Waals surface area contributed by atoms with Crippen LogP contribution in [0, 0.1) is 0 Å². The van der Waals surface area contributed by atoms with Gasteiger partial charge in [0.05, 0.1) is 21.3 Å². The van der Waals surface area contributed by atoms with Crippen LogP contribution in [0.1, 0.15) is 23.6 Å². The van der Waals surface area contributed by atoms with Gasteiger partial charge < -0.3 is 19.5 Å². The van der Waals surface area contributed by atoms with Gasteiger partial charge in [-0.15, -0.1) is 0 Å². The SMILES string of the molecule is CNC1CCc2c(OC)cc(OC)c(OC)c21. The second-order valence-electron chi connectivity index (χ2n) is 4.09. The fourth-order valence-electron chi connectivity index (χ4n) is 2.57. The van der Waals surface area contributed by atoms with Gasteiger partial charge in [-0.2, -0.15) is 0 Å². The third-order valence-corrected chi connectivity index (χ3v) is 3.38. The summed E-state index contributed by atoms with van der Waals surface area (Å²) in [7, 11) is 6.97. The van der Waals surface area contributed by atoms with Gasteiger partial charge in [0, 0.05) is 23.2 Å². The van der Waals surface area contributed by atoms with Crippen LogP contribution >= 0.6 is 0 Å². The zero-order valence-electron chi connectivity index (χ0n) is 10.8. The molecule has 0 amide bonds. The molecule has 1 aliphatic carbocycles. The van der Waals surface area contributed by atoms with Crippen molar-refractivity contribution >= 4 is 0 Å². The van der Waals surface area contributed by atoms with Crippen LogP contribution in [0.15, 0.2) is 6.07 Å². The quantitative estimate of drug-likeness (QED) is 0.868. The van der Waals surface area contributed by atoms with E-state index in [9.17, 15) is 0 Å². The van der Waals surface area contributed by atoms with Crippen molar-refractivity contribution in [2.75, 3.05) is 28.4 Å². The Morgan fingerprint density at radius 1 is 1.12 bits per heavy atom. The van der Waals surface area contributed by atoms with Gasteiger partial charge in [0.25, 0.3) is 0 Å². The number of ether oxygens (including phenoxy) is 3. The Morgan fingerprint density at radius 2 is 1.82 bits per heavy atom. The van der Waals surface area contributed by atoms with Crippen LogP contribution in [0.3, 0.4) is 0 Å².